The number of piperidine rings is 1. The molecule has 0 unspecified atom stereocenters. The number of likely N-dealkylation sites (tertiary alicyclic amines) is 1. The van der Waals surface area contributed by atoms with E-state index in [0.717, 1.165) is 45.6 Å². The van der Waals surface area contributed by atoms with Crippen LogP contribution in [0.3, 0.4) is 0 Å². The van der Waals surface area contributed by atoms with E-state index in [-0.39, 0.29) is 24.0 Å². The van der Waals surface area contributed by atoms with Gasteiger partial charge in [0.2, 0.25) is 0 Å². The Morgan fingerprint density at radius 2 is 2.19 bits per heavy atom. The molecule has 27 heavy (non-hydrogen) atoms. The summed E-state index contributed by atoms with van der Waals surface area (Å²) in [6, 6.07) is 4.24. The third-order valence-electron chi connectivity index (χ3n) is 4.77. The molecule has 3 heterocycles. The van der Waals surface area contributed by atoms with Crippen molar-refractivity contribution < 1.29 is 0 Å². The molecule has 0 aromatic carbocycles. The molecule has 1 aliphatic heterocycles. The van der Waals surface area contributed by atoms with Crippen molar-refractivity contribution in [3.05, 3.63) is 38.5 Å². The molecule has 3 N–H and O–H groups in total. The average Bonchev–Trinajstić information content (AvgIpc) is 3.33. The lowest BCUT2D eigenvalue weighted by molar-refractivity contribution is 0.179. The first-order chi connectivity index (χ1) is 12.7. The minimum atomic E-state index is 0. The van der Waals surface area contributed by atoms with Gasteiger partial charge < -0.3 is 11.1 Å². The number of rotatable bonds is 8. The van der Waals surface area contributed by atoms with Crippen molar-refractivity contribution in [2.45, 2.75) is 39.2 Å². The maximum absolute atomic E-state index is 6.00. The van der Waals surface area contributed by atoms with Crippen LogP contribution in [0.5, 0.6) is 0 Å². The summed E-state index contributed by atoms with van der Waals surface area (Å²) in [5, 5.41) is 8.78. The molecule has 3 rings (SSSR count). The van der Waals surface area contributed by atoms with Crippen LogP contribution in [0.4, 0.5) is 0 Å². The molecule has 0 radical (unpaired) electrons. The van der Waals surface area contributed by atoms with Gasteiger partial charge in [0.05, 0.1) is 10.7 Å². The fourth-order valence-corrected chi connectivity index (χ4v) is 4.64. The number of nitrogens with two attached hydrogens (primary N) is 1. The van der Waals surface area contributed by atoms with E-state index in [9.17, 15) is 0 Å². The fraction of sp³-hybridized carbons (Fsp3) is 0.579. The van der Waals surface area contributed by atoms with Crippen LogP contribution in [0, 0.1) is 5.92 Å². The molecular formula is C19H30IN5S2. The van der Waals surface area contributed by atoms with E-state index in [2.05, 4.69) is 50.0 Å². The lowest BCUT2D eigenvalue weighted by Gasteiger charge is -2.30. The largest absolute Gasteiger partial charge is 0.370 e. The smallest absolute Gasteiger partial charge is 0.188 e. The van der Waals surface area contributed by atoms with Crippen molar-refractivity contribution in [1.82, 2.24) is 15.2 Å². The molecule has 0 aliphatic carbocycles. The maximum atomic E-state index is 6.00. The number of aryl methyl sites for hydroxylation is 1. The van der Waals surface area contributed by atoms with Gasteiger partial charge in [0, 0.05) is 29.9 Å². The van der Waals surface area contributed by atoms with Gasteiger partial charge in [-0.15, -0.1) is 46.7 Å². The first-order valence-corrected chi connectivity index (χ1v) is 11.2. The van der Waals surface area contributed by atoms with Crippen LogP contribution in [0.15, 0.2) is 27.9 Å². The number of aromatic nitrogens is 1. The number of hydrogen-bond donors (Lipinski definition) is 2. The Balaban J connectivity index is 0.00000261. The molecular weight excluding hydrogens is 489 g/mol. The molecule has 2 aromatic heterocycles. The van der Waals surface area contributed by atoms with Gasteiger partial charge in [0.15, 0.2) is 5.96 Å². The summed E-state index contributed by atoms with van der Waals surface area (Å²) in [5.41, 5.74) is 7.22. The highest BCUT2D eigenvalue weighted by molar-refractivity contribution is 14.0. The highest BCUT2D eigenvalue weighted by atomic mass is 127. The lowest BCUT2D eigenvalue weighted by atomic mass is 9.97. The van der Waals surface area contributed by atoms with Crippen LogP contribution in [0.2, 0.25) is 0 Å². The van der Waals surface area contributed by atoms with E-state index in [4.69, 9.17) is 5.73 Å². The number of halogens is 1. The zero-order chi connectivity index (χ0) is 18.2. The molecule has 5 nitrogen and oxygen atoms in total. The Bertz CT molecular complexity index is 678. The fourth-order valence-electron chi connectivity index (χ4n) is 3.19. The molecule has 2 aromatic rings. The van der Waals surface area contributed by atoms with E-state index in [1.807, 2.05) is 0 Å². The standard InChI is InChI=1S/C19H29N5S2.HI/c1-2-18-23-16(14-26-18)13-24-9-6-15(7-10-24)12-22-19(20)21-8-5-17-4-3-11-25-17;/h3-4,11,14-15H,2,5-10,12-13H2,1H3,(H3,20,21,22);1H. The van der Waals surface area contributed by atoms with Gasteiger partial charge in [-0.2, -0.15) is 0 Å². The number of nitrogens with one attached hydrogen (secondary N) is 1. The monoisotopic (exact) mass is 519 g/mol. The molecule has 8 heteroatoms. The molecule has 0 spiro atoms. The van der Waals surface area contributed by atoms with Gasteiger partial charge in [-0.3, -0.25) is 9.89 Å². The van der Waals surface area contributed by atoms with Crippen LogP contribution in [-0.4, -0.2) is 42.0 Å². The molecule has 1 aliphatic rings. The van der Waals surface area contributed by atoms with Gasteiger partial charge in [-0.1, -0.05) is 13.0 Å². The predicted octanol–water partition coefficient (Wildman–Crippen LogP) is 3.74. The van der Waals surface area contributed by atoms with Gasteiger partial charge >= 0.3 is 0 Å². The Morgan fingerprint density at radius 1 is 1.37 bits per heavy atom. The van der Waals surface area contributed by atoms with Gasteiger partial charge in [0.25, 0.3) is 0 Å². The summed E-state index contributed by atoms with van der Waals surface area (Å²) in [6.45, 7) is 7.09. The zero-order valence-electron chi connectivity index (χ0n) is 15.9. The van der Waals surface area contributed by atoms with Gasteiger partial charge in [-0.25, -0.2) is 4.98 Å². The van der Waals surface area contributed by atoms with Crippen molar-refractivity contribution in [3.8, 4) is 0 Å². The summed E-state index contributed by atoms with van der Waals surface area (Å²) < 4.78 is 0. The third kappa shape index (κ3) is 7.67. The molecule has 1 saturated heterocycles. The number of thiazole rings is 1. The molecule has 0 saturated carbocycles. The van der Waals surface area contributed by atoms with Crippen molar-refractivity contribution in [1.29, 1.82) is 0 Å². The number of hydrogen-bond acceptors (Lipinski definition) is 5. The summed E-state index contributed by atoms with van der Waals surface area (Å²) in [4.78, 5) is 13.1. The summed E-state index contributed by atoms with van der Waals surface area (Å²) in [6.07, 6.45) is 4.42. The van der Waals surface area contributed by atoms with Crippen LogP contribution in [-0.2, 0) is 19.4 Å². The van der Waals surface area contributed by atoms with Crippen molar-refractivity contribution in [2.75, 3.05) is 26.2 Å². The Labute approximate surface area is 187 Å². The Morgan fingerprint density at radius 3 is 2.85 bits per heavy atom. The maximum Gasteiger partial charge on any atom is 0.188 e. The molecule has 0 atom stereocenters. The van der Waals surface area contributed by atoms with E-state index < -0.39 is 0 Å². The number of aliphatic imine (C=N–C) groups is 1. The van der Waals surface area contributed by atoms with E-state index in [1.165, 1.54) is 28.4 Å². The first kappa shape index (κ1) is 22.6. The van der Waals surface area contributed by atoms with E-state index >= 15 is 0 Å². The quantitative estimate of drug-likeness (QED) is 0.317. The van der Waals surface area contributed by atoms with Gasteiger partial charge in [-0.05, 0) is 56.1 Å². The van der Waals surface area contributed by atoms with Crippen LogP contribution in [0.1, 0.15) is 35.3 Å². The topological polar surface area (TPSA) is 66.5 Å². The number of nitrogens with zero attached hydrogens (tertiary/aromatic N) is 3. The average molecular weight is 520 g/mol. The highest BCUT2D eigenvalue weighted by Gasteiger charge is 2.19. The summed E-state index contributed by atoms with van der Waals surface area (Å²) in [7, 11) is 0. The minimum Gasteiger partial charge on any atom is -0.370 e. The van der Waals surface area contributed by atoms with Crippen LogP contribution < -0.4 is 11.1 Å². The summed E-state index contributed by atoms with van der Waals surface area (Å²) >= 11 is 3.56. The van der Waals surface area contributed by atoms with Crippen LogP contribution >= 0.6 is 46.7 Å². The predicted molar refractivity (Wildman–Crippen MR) is 127 cm³/mol. The zero-order valence-corrected chi connectivity index (χ0v) is 19.9. The van der Waals surface area contributed by atoms with Gasteiger partial charge in [0.1, 0.15) is 0 Å². The Hall–Kier alpha value is -0.710. The molecule has 0 amide bonds. The second kappa shape index (κ2) is 12.0. The first-order valence-electron chi connectivity index (χ1n) is 9.44. The minimum absolute atomic E-state index is 0. The van der Waals surface area contributed by atoms with E-state index in [1.54, 1.807) is 22.7 Å². The highest BCUT2D eigenvalue weighted by Crippen LogP contribution is 2.20. The SMILES string of the molecule is CCc1nc(CN2CCC(CN=C(N)NCCc3cccs3)CC2)cs1.I. The molecule has 150 valence electrons. The summed E-state index contributed by atoms with van der Waals surface area (Å²) in [5.74, 6) is 1.23. The van der Waals surface area contributed by atoms with E-state index in [0.29, 0.717) is 11.9 Å². The second-order valence-electron chi connectivity index (χ2n) is 6.79. The lowest BCUT2D eigenvalue weighted by Crippen LogP contribution is -2.36. The Kier molecular flexibility index (Phi) is 10.0. The van der Waals surface area contributed by atoms with Crippen LogP contribution in [0.25, 0.3) is 0 Å². The molecule has 1 fully saturated rings. The number of guanidine groups is 1. The van der Waals surface area contributed by atoms with Crippen molar-refractivity contribution in [3.63, 3.8) is 0 Å². The normalized spacial score (nSPS) is 16.3. The van der Waals surface area contributed by atoms with Crippen molar-refractivity contribution >= 4 is 52.6 Å². The van der Waals surface area contributed by atoms with Crippen molar-refractivity contribution in [2.24, 2.45) is 16.6 Å². The molecule has 0 bridgehead atoms. The number of thiophene rings is 1. The second-order valence-corrected chi connectivity index (χ2v) is 8.76. The third-order valence-corrected chi connectivity index (χ3v) is 6.75.